The lowest BCUT2D eigenvalue weighted by Crippen LogP contribution is -2.32. The average molecular weight is 535 g/mol. The molecule has 1 unspecified atom stereocenters. The zero-order valence-corrected chi connectivity index (χ0v) is 23.2. The fourth-order valence-electron chi connectivity index (χ4n) is 4.87. The standard InChI is InChI=1S/C32H42N2O5/c1-2-3-17-26(18-9-5-10-21-29(35)39-24-25-15-7-4-8-16-25)30(36)33-22-13-6-14-23-34-31(37)27-19-11-12-20-28(27)32(34)38/h4,7-8,11-12,15-16,19-20,26H,2-3,5-6,9-10,13-14,17-18,21-24H2,1H3,(H,33,36). The van der Waals surface area contributed by atoms with Crippen molar-refractivity contribution in [2.45, 2.75) is 84.2 Å². The van der Waals surface area contributed by atoms with Crippen LogP contribution in [0.15, 0.2) is 54.6 Å². The van der Waals surface area contributed by atoms with Gasteiger partial charge in [-0.05, 0) is 56.2 Å². The molecular formula is C32H42N2O5. The number of nitrogens with one attached hydrogen (secondary N) is 1. The molecule has 0 aromatic heterocycles. The van der Waals surface area contributed by atoms with Gasteiger partial charge in [0.15, 0.2) is 0 Å². The molecule has 2 aromatic rings. The van der Waals surface area contributed by atoms with Gasteiger partial charge in [0.05, 0.1) is 11.1 Å². The van der Waals surface area contributed by atoms with Crippen LogP contribution in [0.2, 0.25) is 0 Å². The predicted molar refractivity (Wildman–Crippen MR) is 151 cm³/mol. The molecule has 3 amide bonds. The van der Waals surface area contributed by atoms with Gasteiger partial charge in [-0.15, -0.1) is 0 Å². The molecule has 0 radical (unpaired) electrons. The summed E-state index contributed by atoms with van der Waals surface area (Å²) in [5.41, 5.74) is 1.95. The molecular weight excluding hydrogens is 492 g/mol. The number of carbonyl (C=O) groups excluding carboxylic acids is 4. The van der Waals surface area contributed by atoms with Crippen molar-refractivity contribution in [2.75, 3.05) is 13.1 Å². The number of hydrogen-bond acceptors (Lipinski definition) is 5. The minimum Gasteiger partial charge on any atom is -0.461 e. The highest BCUT2D eigenvalue weighted by atomic mass is 16.5. The number of amides is 3. The predicted octanol–water partition coefficient (Wildman–Crippen LogP) is 6.07. The first-order valence-electron chi connectivity index (χ1n) is 14.4. The Morgan fingerprint density at radius 3 is 2.13 bits per heavy atom. The van der Waals surface area contributed by atoms with Crippen molar-refractivity contribution in [3.63, 3.8) is 0 Å². The lowest BCUT2D eigenvalue weighted by atomic mass is 9.94. The normalized spacial score (nSPS) is 13.3. The van der Waals surface area contributed by atoms with E-state index in [0.717, 1.165) is 63.4 Å². The number of nitrogens with zero attached hydrogens (tertiary/aromatic N) is 1. The van der Waals surface area contributed by atoms with Crippen LogP contribution in [0.1, 0.15) is 104 Å². The van der Waals surface area contributed by atoms with E-state index in [2.05, 4.69) is 12.2 Å². The summed E-state index contributed by atoms with van der Waals surface area (Å²) in [5.74, 6) is -0.514. The lowest BCUT2D eigenvalue weighted by Gasteiger charge is -2.17. The monoisotopic (exact) mass is 534 g/mol. The maximum absolute atomic E-state index is 12.8. The smallest absolute Gasteiger partial charge is 0.306 e. The lowest BCUT2D eigenvalue weighted by molar-refractivity contribution is -0.145. The fourth-order valence-corrected chi connectivity index (χ4v) is 4.87. The van der Waals surface area contributed by atoms with E-state index >= 15 is 0 Å². The van der Waals surface area contributed by atoms with Gasteiger partial charge in [-0.25, -0.2) is 0 Å². The minimum atomic E-state index is -0.216. The van der Waals surface area contributed by atoms with Crippen LogP contribution in [0.25, 0.3) is 0 Å². The molecule has 1 atom stereocenters. The molecule has 1 aliphatic heterocycles. The van der Waals surface area contributed by atoms with Crippen LogP contribution < -0.4 is 5.32 Å². The zero-order valence-electron chi connectivity index (χ0n) is 23.2. The third kappa shape index (κ3) is 9.65. The Morgan fingerprint density at radius 2 is 1.44 bits per heavy atom. The van der Waals surface area contributed by atoms with Gasteiger partial charge in [-0.2, -0.15) is 0 Å². The van der Waals surface area contributed by atoms with Crippen molar-refractivity contribution in [3.05, 3.63) is 71.3 Å². The van der Waals surface area contributed by atoms with E-state index in [9.17, 15) is 19.2 Å². The van der Waals surface area contributed by atoms with E-state index in [1.807, 2.05) is 30.3 Å². The highest BCUT2D eigenvalue weighted by Crippen LogP contribution is 2.23. The van der Waals surface area contributed by atoms with Crippen molar-refractivity contribution in [2.24, 2.45) is 5.92 Å². The van der Waals surface area contributed by atoms with Crippen LogP contribution >= 0.6 is 0 Å². The van der Waals surface area contributed by atoms with Crippen LogP contribution in [0, 0.1) is 5.92 Å². The Balaban J connectivity index is 1.26. The summed E-state index contributed by atoms with van der Waals surface area (Å²) in [4.78, 5) is 51.0. The molecule has 0 fully saturated rings. The molecule has 1 aliphatic rings. The van der Waals surface area contributed by atoms with E-state index in [4.69, 9.17) is 4.74 Å². The molecule has 1 N–H and O–H groups in total. The van der Waals surface area contributed by atoms with E-state index < -0.39 is 0 Å². The van der Waals surface area contributed by atoms with Gasteiger partial charge < -0.3 is 10.1 Å². The third-order valence-electron chi connectivity index (χ3n) is 7.19. The van der Waals surface area contributed by atoms with E-state index in [1.165, 1.54) is 4.90 Å². The molecule has 39 heavy (non-hydrogen) atoms. The molecule has 2 aromatic carbocycles. The first-order chi connectivity index (χ1) is 19.0. The topological polar surface area (TPSA) is 92.8 Å². The summed E-state index contributed by atoms with van der Waals surface area (Å²) in [5, 5.41) is 3.08. The number of hydrogen-bond donors (Lipinski definition) is 1. The van der Waals surface area contributed by atoms with Crippen LogP contribution in [0.3, 0.4) is 0 Å². The number of imide groups is 1. The molecule has 7 heteroatoms. The molecule has 0 aliphatic carbocycles. The Hall–Kier alpha value is -3.48. The van der Waals surface area contributed by atoms with Gasteiger partial charge in [-0.3, -0.25) is 24.1 Å². The quantitative estimate of drug-likeness (QED) is 0.142. The number of fused-ring (bicyclic) bond motifs is 1. The van der Waals surface area contributed by atoms with Crippen LogP contribution in [-0.4, -0.2) is 41.7 Å². The SMILES string of the molecule is CCCCC(CCCCCC(=O)OCc1ccccc1)C(=O)NCCCCCN1C(=O)c2ccccc2C1=O. The third-order valence-corrected chi connectivity index (χ3v) is 7.19. The summed E-state index contributed by atoms with van der Waals surface area (Å²) in [6.45, 7) is 3.43. The molecule has 0 spiro atoms. The highest BCUT2D eigenvalue weighted by molar-refractivity contribution is 6.21. The van der Waals surface area contributed by atoms with Crippen LogP contribution in [0.5, 0.6) is 0 Å². The summed E-state index contributed by atoms with van der Waals surface area (Å²) < 4.78 is 5.33. The number of rotatable bonds is 18. The number of carbonyl (C=O) groups is 4. The van der Waals surface area contributed by atoms with E-state index in [0.29, 0.717) is 43.7 Å². The average Bonchev–Trinajstić information content (AvgIpc) is 3.20. The number of unbranched alkanes of at least 4 members (excludes halogenated alkanes) is 5. The summed E-state index contributed by atoms with van der Waals surface area (Å²) in [6.07, 6.45) is 9.10. The Bertz CT molecular complexity index is 1050. The molecule has 1 heterocycles. The fraction of sp³-hybridized carbons (Fsp3) is 0.500. The van der Waals surface area contributed by atoms with Gasteiger partial charge in [0, 0.05) is 25.4 Å². The minimum absolute atomic E-state index is 0.00618. The molecule has 210 valence electrons. The summed E-state index contributed by atoms with van der Waals surface area (Å²) >= 11 is 0. The molecule has 0 bridgehead atoms. The second kappa shape index (κ2) is 16.5. The zero-order chi connectivity index (χ0) is 27.9. The van der Waals surface area contributed by atoms with Crippen LogP contribution in [-0.2, 0) is 20.9 Å². The first kappa shape index (κ1) is 30.1. The summed E-state index contributed by atoms with van der Waals surface area (Å²) in [7, 11) is 0. The van der Waals surface area contributed by atoms with Gasteiger partial charge in [0.25, 0.3) is 11.8 Å². The Kier molecular flexibility index (Phi) is 12.7. The Morgan fingerprint density at radius 1 is 0.795 bits per heavy atom. The number of benzene rings is 2. The first-order valence-corrected chi connectivity index (χ1v) is 14.4. The van der Waals surface area contributed by atoms with Crippen molar-refractivity contribution in [1.29, 1.82) is 0 Å². The number of esters is 1. The Labute approximate surface area is 232 Å². The van der Waals surface area contributed by atoms with Gasteiger partial charge in [0.2, 0.25) is 5.91 Å². The van der Waals surface area contributed by atoms with Crippen LogP contribution in [0.4, 0.5) is 0 Å². The largest absolute Gasteiger partial charge is 0.461 e. The van der Waals surface area contributed by atoms with E-state index in [1.54, 1.807) is 24.3 Å². The maximum atomic E-state index is 12.8. The van der Waals surface area contributed by atoms with Gasteiger partial charge in [-0.1, -0.05) is 75.1 Å². The number of ether oxygens (including phenoxy) is 1. The molecule has 3 rings (SSSR count). The second-order valence-corrected chi connectivity index (χ2v) is 10.2. The summed E-state index contributed by atoms with van der Waals surface area (Å²) in [6, 6.07) is 16.6. The molecule has 0 saturated heterocycles. The van der Waals surface area contributed by atoms with Crippen molar-refractivity contribution < 1.29 is 23.9 Å². The highest BCUT2D eigenvalue weighted by Gasteiger charge is 2.34. The van der Waals surface area contributed by atoms with Crippen molar-refractivity contribution >= 4 is 23.7 Å². The second-order valence-electron chi connectivity index (χ2n) is 10.2. The molecule has 7 nitrogen and oxygen atoms in total. The van der Waals surface area contributed by atoms with E-state index in [-0.39, 0.29) is 29.6 Å². The van der Waals surface area contributed by atoms with Crippen molar-refractivity contribution in [3.8, 4) is 0 Å². The van der Waals surface area contributed by atoms with Gasteiger partial charge >= 0.3 is 5.97 Å². The maximum Gasteiger partial charge on any atom is 0.306 e. The molecule has 0 saturated carbocycles. The van der Waals surface area contributed by atoms with Crippen molar-refractivity contribution in [1.82, 2.24) is 10.2 Å². The van der Waals surface area contributed by atoms with Gasteiger partial charge in [0.1, 0.15) is 6.61 Å².